The van der Waals surface area contributed by atoms with Crippen LogP contribution in [-0.2, 0) is 29.2 Å². The molecule has 11 nitrogen and oxygen atoms in total. The van der Waals surface area contributed by atoms with Crippen LogP contribution in [0, 0.1) is 11.8 Å². The maximum Gasteiger partial charge on any atom is 0.327 e. The van der Waals surface area contributed by atoms with Gasteiger partial charge in [0.15, 0.2) is 5.25 Å². The molecule has 3 atom stereocenters. The van der Waals surface area contributed by atoms with Crippen molar-refractivity contribution in [3.63, 3.8) is 0 Å². The Morgan fingerprint density at radius 2 is 1.07 bits per heavy atom. The monoisotopic (exact) mass is 599 g/mol. The normalized spacial score (nSPS) is 14.0. The SMILES string of the molecule is CCC(CC)CCC(C)OC(=O)CC(C(=O)OC(C)CCC(CC)CC)S(=O)(=O)O.OCCN(CCO)CCO. The first-order chi connectivity index (χ1) is 18.8. The second-order valence-corrected chi connectivity index (χ2v) is 11.9. The van der Waals surface area contributed by atoms with E-state index in [0.717, 1.165) is 38.5 Å². The predicted molar refractivity (Wildman–Crippen MR) is 155 cm³/mol. The molecule has 0 heterocycles. The van der Waals surface area contributed by atoms with E-state index in [9.17, 15) is 22.6 Å². The highest BCUT2D eigenvalue weighted by Crippen LogP contribution is 2.20. The van der Waals surface area contributed by atoms with Crippen LogP contribution in [0.5, 0.6) is 0 Å². The van der Waals surface area contributed by atoms with Gasteiger partial charge in [0, 0.05) is 19.6 Å². The van der Waals surface area contributed by atoms with E-state index in [2.05, 4.69) is 27.7 Å². The van der Waals surface area contributed by atoms with E-state index in [1.54, 1.807) is 18.7 Å². The zero-order valence-corrected chi connectivity index (χ0v) is 26.4. The number of aliphatic hydroxyl groups is 3. The Balaban J connectivity index is 0. The van der Waals surface area contributed by atoms with Gasteiger partial charge in [-0.05, 0) is 51.4 Å². The van der Waals surface area contributed by atoms with Gasteiger partial charge in [-0.1, -0.05) is 53.4 Å². The van der Waals surface area contributed by atoms with Crippen LogP contribution < -0.4 is 0 Å². The van der Waals surface area contributed by atoms with Crippen molar-refractivity contribution in [2.45, 2.75) is 117 Å². The van der Waals surface area contributed by atoms with Crippen molar-refractivity contribution in [3.8, 4) is 0 Å². The molecule has 0 fully saturated rings. The molecule has 0 saturated carbocycles. The Kier molecular flexibility index (Phi) is 24.8. The largest absolute Gasteiger partial charge is 0.463 e. The molecule has 0 aromatic heterocycles. The number of aliphatic hydroxyl groups excluding tert-OH is 3. The molecule has 40 heavy (non-hydrogen) atoms. The van der Waals surface area contributed by atoms with Crippen LogP contribution in [0.1, 0.15) is 99.3 Å². The number of hydrogen-bond donors (Lipinski definition) is 4. The zero-order valence-electron chi connectivity index (χ0n) is 25.6. The highest BCUT2D eigenvalue weighted by molar-refractivity contribution is 7.87. The molecule has 0 bridgehead atoms. The van der Waals surface area contributed by atoms with E-state index in [4.69, 9.17) is 24.8 Å². The third-order valence-corrected chi connectivity index (χ3v) is 8.22. The summed E-state index contributed by atoms with van der Waals surface area (Å²) in [4.78, 5) is 26.3. The molecular weight excluding hydrogens is 542 g/mol. The van der Waals surface area contributed by atoms with Crippen LogP contribution in [-0.4, -0.2) is 102 Å². The second kappa shape index (κ2) is 24.3. The molecular formula is C28H57NO10S. The molecule has 0 aromatic carbocycles. The number of rotatable bonds is 22. The molecule has 0 aliphatic heterocycles. The van der Waals surface area contributed by atoms with Gasteiger partial charge in [0.1, 0.15) is 0 Å². The van der Waals surface area contributed by atoms with Crippen molar-refractivity contribution in [3.05, 3.63) is 0 Å². The minimum absolute atomic E-state index is 0.0694. The molecule has 3 unspecified atom stereocenters. The quantitative estimate of drug-likeness (QED) is 0.106. The molecule has 0 radical (unpaired) electrons. The minimum atomic E-state index is -4.79. The summed E-state index contributed by atoms with van der Waals surface area (Å²) in [5.74, 6) is -0.888. The van der Waals surface area contributed by atoms with Crippen LogP contribution in [0.3, 0.4) is 0 Å². The number of carbonyl (C=O) groups is 2. The summed E-state index contributed by atoms with van der Waals surface area (Å²) in [6.07, 6.45) is 5.48. The first kappa shape index (κ1) is 40.8. The zero-order chi connectivity index (χ0) is 31.1. The summed E-state index contributed by atoms with van der Waals surface area (Å²) in [5.41, 5.74) is 0. The molecule has 240 valence electrons. The average molecular weight is 600 g/mol. The molecule has 4 N–H and O–H groups in total. The Hall–Kier alpha value is -1.31. The maximum atomic E-state index is 12.3. The molecule has 0 rings (SSSR count). The van der Waals surface area contributed by atoms with E-state index in [-0.39, 0.29) is 19.8 Å². The van der Waals surface area contributed by atoms with Crippen molar-refractivity contribution in [2.75, 3.05) is 39.5 Å². The third-order valence-electron chi connectivity index (χ3n) is 7.15. The maximum absolute atomic E-state index is 12.3. The standard InChI is InChI=1S/C22H42O7S.C6H15NO3/c1-7-18(8-2)13-11-16(5)28-21(23)15-20(30(25,26)27)22(24)29-17(6)12-14-19(9-3)10-4;8-4-1-7(2-5-9)3-6-10/h16-20H,7-15H2,1-6H3,(H,25,26,27);8-10H,1-6H2. The van der Waals surface area contributed by atoms with Gasteiger partial charge < -0.3 is 24.8 Å². The van der Waals surface area contributed by atoms with Gasteiger partial charge in [0.2, 0.25) is 0 Å². The molecule has 12 heteroatoms. The summed E-state index contributed by atoms with van der Waals surface area (Å²) in [6, 6.07) is 0. The summed E-state index contributed by atoms with van der Waals surface area (Å²) in [5, 5.41) is 23.5. The first-order valence-corrected chi connectivity index (χ1v) is 16.2. The highest BCUT2D eigenvalue weighted by atomic mass is 32.2. The van der Waals surface area contributed by atoms with Crippen molar-refractivity contribution in [2.24, 2.45) is 11.8 Å². The number of nitrogens with zero attached hydrogens (tertiary/aromatic N) is 1. The van der Waals surface area contributed by atoms with Crippen LogP contribution in [0.4, 0.5) is 0 Å². The van der Waals surface area contributed by atoms with Gasteiger partial charge in [-0.15, -0.1) is 0 Å². The molecule has 0 saturated heterocycles. The van der Waals surface area contributed by atoms with Crippen molar-refractivity contribution < 1.29 is 47.4 Å². The van der Waals surface area contributed by atoms with Gasteiger partial charge in [-0.25, -0.2) is 0 Å². The van der Waals surface area contributed by atoms with E-state index < -0.39 is 45.9 Å². The molecule has 0 aliphatic carbocycles. The fourth-order valence-electron chi connectivity index (χ4n) is 4.22. The van der Waals surface area contributed by atoms with Gasteiger partial charge in [-0.3, -0.25) is 19.0 Å². The first-order valence-electron chi connectivity index (χ1n) is 14.7. The van der Waals surface area contributed by atoms with Crippen molar-refractivity contribution in [1.29, 1.82) is 0 Å². The lowest BCUT2D eigenvalue weighted by Crippen LogP contribution is -2.36. The summed E-state index contributed by atoms with van der Waals surface area (Å²) in [6.45, 7) is 13.6. The lowest BCUT2D eigenvalue weighted by atomic mass is 9.96. The lowest BCUT2D eigenvalue weighted by Gasteiger charge is -2.20. The average Bonchev–Trinajstić information content (AvgIpc) is 2.88. The van der Waals surface area contributed by atoms with Gasteiger partial charge in [0.05, 0.1) is 38.4 Å². The molecule has 0 amide bonds. The summed E-state index contributed by atoms with van der Waals surface area (Å²) < 4.78 is 43.3. The van der Waals surface area contributed by atoms with E-state index in [1.807, 2.05) is 0 Å². The molecule has 0 aromatic rings. The smallest absolute Gasteiger partial charge is 0.327 e. The lowest BCUT2D eigenvalue weighted by molar-refractivity contribution is -0.155. The third kappa shape index (κ3) is 20.5. The van der Waals surface area contributed by atoms with Gasteiger partial charge >= 0.3 is 11.9 Å². The van der Waals surface area contributed by atoms with E-state index in [0.29, 0.717) is 44.3 Å². The van der Waals surface area contributed by atoms with Gasteiger partial charge in [-0.2, -0.15) is 8.42 Å². The van der Waals surface area contributed by atoms with Gasteiger partial charge in [0.25, 0.3) is 10.1 Å². The highest BCUT2D eigenvalue weighted by Gasteiger charge is 2.36. The second-order valence-electron chi connectivity index (χ2n) is 10.3. The minimum Gasteiger partial charge on any atom is -0.463 e. The van der Waals surface area contributed by atoms with E-state index >= 15 is 0 Å². The Morgan fingerprint density at radius 3 is 1.40 bits per heavy atom. The Labute approximate surface area is 242 Å². The van der Waals surface area contributed by atoms with Crippen LogP contribution in [0.2, 0.25) is 0 Å². The summed E-state index contributed by atoms with van der Waals surface area (Å²) in [7, 11) is -4.79. The van der Waals surface area contributed by atoms with Crippen LogP contribution >= 0.6 is 0 Å². The summed E-state index contributed by atoms with van der Waals surface area (Å²) >= 11 is 0. The fourth-order valence-corrected chi connectivity index (χ4v) is 4.87. The van der Waals surface area contributed by atoms with Crippen LogP contribution in [0.25, 0.3) is 0 Å². The van der Waals surface area contributed by atoms with E-state index in [1.165, 1.54) is 0 Å². The van der Waals surface area contributed by atoms with Crippen molar-refractivity contribution >= 4 is 22.1 Å². The fraction of sp³-hybridized carbons (Fsp3) is 0.929. The molecule has 0 spiro atoms. The number of esters is 2. The number of hydrogen-bond acceptors (Lipinski definition) is 10. The van der Waals surface area contributed by atoms with Crippen LogP contribution in [0.15, 0.2) is 0 Å². The number of ether oxygens (including phenoxy) is 2. The molecule has 0 aliphatic rings. The Bertz CT molecular complexity index is 727. The Morgan fingerprint density at radius 1 is 0.700 bits per heavy atom. The predicted octanol–water partition coefficient (Wildman–Crippen LogP) is 3.19. The topological polar surface area (TPSA) is 171 Å². The van der Waals surface area contributed by atoms with Crippen molar-refractivity contribution in [1.82, 2.24) is 4.90 Å². The number of carbonyl (C=O) groups excluding carboxylic acids is 2.